The van der Waals surface area contributed by atoms with Crippen LogP contribution in [0.25, 0.3) is 6.08 Å². The van der Waals surface area contributed by atoms with Gasteiger partial charge < -0.3 is 4.74 Å². The number of hydrogen-bond donors (Lipinski definition) is 0. The summed E-state index contributed by atoms with van der Waals surface area (Å²) in [5.74, 6) is 0.826. The van der Waals surface area contributed by atoms with E-state index >= 15 is 0 Å². The van der Waals surface area contributed by atoms with Crippen LogP contribution in [0.5, 0.6) is 0 Å². The first-order valence-electron chi connectivity index (χ1n) is 8.97. The van der Waals surface area contributed by atoms with Gasteiger partial charge in [0, 0.05) is 6.08 Å². The van der Waals surface area contributed by atoms with Crippen molar-refractivity contribution in [2.75, 3.05) is 6.61 Å². The van der Waals surface area contributed by atoms with E-state index in [1.165, 1.54) is 17.2 Å². The van der Waals surface area contributed by atoms with E-state index in [2.05, 4.69) is 46.4 Å². The molecule has 1 aromatic rings. The molecule has 132 valence electrons. The molecule has 0 radical (unpaired) electrons. The molecule has 2 heteroatoms. The normalized spacial score (nSPS) is 12.5. The van der Waals surface area contributed by atoms with Crippen molar-refractivity contribution in [1.29, 1.82) is 0 Å². The van der Waals surface area contributed by atoms with Crippen molar-refractivity contribution in [3.8, 4) is 0 Å². The summed E-state index contributed by atoms with van der Waals surface area (Å²) in [5, 5.41) is 0. The molecule has 24 heavy (non-hydrogen) atoms. The van der Waals surface area contributed by atoms with Gasteiger partial charge in [0.05, 0.1) is 6.61 Å². The van der Waals surface area contributed by atoms with Gasteiger partial charge in [0.25, 0.3) is 0 Å². The molecule has 0 heterocycles. The Morgan fingerprint density at radius 1 is 1.17 bits per heavy atom. The Kier molecular flexibility index (Phi) is 9.14. The summed E-state index contributed by atoms with van der Waals surface area (Å²) < 4.78 is 5.28. The van der Waals surface area contributed by atoms with Gasteiger partial charge in [0.1, 0.15) is 0 Å². The van der Waals surface area contributed by atoms with Gasteiger partial charge in [-0.1, -0.05) is 57.0 Å². The molecule has 0 aromatic heterocycles. The predicted molar refractivity (Wildman–Crippen MR) is 103 cm³/mol. The quantitative estimate of drug-likeness (QED) is 0.293. The molecule has 0 aliphatic carbocycles. The standard InChI is InChI=1S/C22H32O2/c1-17(2)7-6-8-19(5)15-16-24-22(23)14-11-20-9-12-21(13-10-20)18(3)4/h9-14,18-19H,1,6-8,15-16H2,2-5H3/b14-11+. The minimum atomic E-state index is -0.267. The van der Waals surface area contributed by atoms with Crippen molar-refractivity contribution in [2.45, 2.75) is 59.3 Å². The number of carbonyl (C=O) groups is 1. The lowest BCUT2D eigenvalue weighted by atomic mass is 9.99. The third kappa shape index (κ3) is 8.71. The molecule has 1 aromatic carbocycles. The predicted octanol–water partition coefficient (Wildman–Crippen LogP) is 6.14. The Morgan fingerprint density at radius 2 is 1.83 bits per heavy atom. The Hall–Kier alpha value is -1.83. The molecule has 1 rings (SSSR count). The summed E-state index contributed by atoms with van der Waals surface area (Å²) in [6.07, 6.45) is 7.64. The fraction of sp³-hybridized carbons (Fsp3) is 0.500. The molecular formula is C22H32O2. The molecule has 0 aliphatic heterocycles. The van der Waals surface area contributed by atoms with Crippen LogP contribution in [-0.2, 0) is 9.53 Å². The summed E-state index contributed by atoms with van der Waals surface area (Å²) >= 11 is 0. The zero-order chi connectivity index (χ0) is 17.9. The molecule has 0 saturated heterocycles. The summed E-state index contributed by atoms with van der Waals surface area (Å²) in [6, 6.07) is 8.26. The highest BCUT2D eigenvalue weighted by atomic mass is 16.5. The second kappa shape index (κ2) is 10.9. The second-order valence-corrected chi connectivity index (χ2v) is 7.07. The molecule has 1 atom stereocenters. The van der Waals surface area contributed by atoms with E-state index in [9.17, 15) is 4.79 Å². The highest BCUT2D eigenvalue weighted by Gasteiger charge is 2.04. The lowest BCUT2D eigenvalue weighted by Crippen LogP contribution is -2.06. The molecule has 2 nitrogen and oxygen atoms in total. The van der Waals surface area contributed by atoms with Crippen molar-refractivity contribution >= 4 is 12.0 Å². The van der Waals surface area contributed by atoms with Gasteiger partial charge in [0.2, 0.25) is 0 Å². The van der Waals surface area contributed by atoms with E-state index in [1.54, 1.807) is 0 Å². The molecule has 0 aliphatic rings. The van der Waals surface area contributed by atoms with Gasteiger partial charge in [-0.05, 0) is 55.2 Å². The van der Waals surface area contributed by atoms with E-state index < -0.39 is 0 Å². The maximum absolute atomic E-state index is 11.8. The lowest BCUT2D eigenvalue weighted by Gasteiger charge is -2.10. The first-order valence-corrected chi connectivity index (χ1v) is 8.97. The lowest BCUT2D eigenvalue weighted by molar-refractivity contribution is -0.138. The number of rotatable bonds is 10. The van der Waals surface area contributed by atoms with E-state index in [-0.39, 0.29) is 5.97 Å². The molecule has 1 unspecified atom stereocenters. The monoisotopic (exact) mass is 328 g/mol. The Balaban J connectivity index is 2.26. The van der Waals surface area contributed by atoms with Crippen molar-refractivity contribution in [3.05, 3.63) is 53.6 Å². The van der Waals surface area contributed by atoms with Crippen LogP contribution < -0.4 is 0 Å². The smallest absolute Gasteiger partial charge is 0.330 e. The minimum Gasteiger partial charge on any atom is -0.463 e. The second-order valence-electron chi connectivity index (χ2n) is 7.07. The van der Waals surface area contributed by atoms with Crippen LogP contribution in [0.1, 0.15) is 70.4 Å². The van der Waals surface area contributed by atoms with Crippen LogP contribution in [0, 0.1) is 5.92 Å². The average Bonchev–Trinajstić information content (AvgIpc) is 2.53. The van der Waals surface area contributed by atoms with Gasteiger partial charge in [-0.3, -0.25) is 0 Å². The fourth-order valence-electron chi connectivity index (χ4n) is 2.46. The molecule has 0 fully saturated rings. The van der Waals surface area contributed by atoms with Gasteiger partial charge in [0.15, 0.2) is 0 Å². The summed E-state index contributed by atoms with van der Waals surface area (Å²) in [4.78, 5) is 11.8. The van der Waals surface area contributed by atoms with Gasteiger partial charge in [-0.15, -0.1) is 6.58 Å². The van der Waals surface area contributed by atoms with Crippen LogP contribution in [0.2, 0.25) is 0 Å². The van der Waals surface area contributed by atoms with Crippen molar-refractivity contribution in [3.63, 3.8) is 0 Å². The number of ether oxygens (including phenoxy) is 1. The molecule has 0 N–H and O–H groups in total. The number of hydrogen-bond acceptors (Lipinski definition) is 2. The summed E-state index contributed by atoms with van der Waals surface area (Å²) in [7, 11) is 0. The average molecular weight is 328 g/mol. The third-order valence-electron chi connectivity index (χ3n) is 4.17. The fourth-order valence-corrected chi connectivity index (χ4v) is 2.46. The van der Waals surface area contributed by atoms with Crippen LogP contribution >= 0.6 is 0 Å². The largest absolute Gasteiger partial charge is 0.463 e. The summed E-state index contributed by atoms with van der Waals surface area (Å²) in [5.41, 5.74) is 3.56. The Bertz CT molecular complexity index is 538. The first-order chi connectivity index (χ1) is 11.4. The Morgan fingerprint density at radius 3 is 2.42 bits per heavy atom. The maximum atomic E-state index is 11.8. The highest BCUT2D eigenvalue weighted by Crippen LogP contribution is 2.16. The van der Waals surface area contributed by atoms with Gasteiger partial charge in [-0.2, -0.15) is 0 Å². The van der Waals surface area contributed by atoms with Crippen LogP contribution in [0.4, 0.5) is 0 Å². The Labute approximate surface area is 147 Å². The van der Waals surface area contributed by atoms with E-state index in [0.717, 1.165) is 31.2 Å². The molecule has 0 amide bonds. The molecule has 0 spiro atoms. The van der Waals surface area contributed by atoms with Crippen molar-refractivity contribution < 1.29 is 9.53 Å². The van der Waals surface area contributed by atoms with Crippen LogP contribution in [0.15, 0.2) is 42.5 Å². The van der Waals surface area contributed by atoms with E-state index in [0.29, 0.717) is 18.4 Å². The molecular weight excluding hydrogens is 296 g/mol. The SMILES string of the molecule is C=C(C)CCCC(C)CCOC(=O)/C=C/c1ccc(C(C)C)cc1. The van der Waals surface area contributed by atoms with E-state index in [4.69, 9.17) is 4.74 Å². The van der Waals surface area contributed by atoms with Crippen LogP contribution in [0.3, 0.4) is 0 Å². The van der Waals surface area contributed by atoms with E-state index in [1.807, 2.05) is 18.2 Å². The number of allylic oxidation sites excluding steroid dienone is 1. The third-order valence-corrected chi connectivity index (χ3v) is 4.17. The zero-order valence-corrected chi connectivity index (χ0v) is 15.7. The van der Waals surface area contributed by atoms with Crippen LogP contribution in [-0.4, -0.2) is 12.6 Å². The summed E-state index contributed by atoms with van der Waals surface area (Å²) in [6.45, 7) is 13.0. The number of esters is 1. The van der Waals surface area contributed by atoms with Crippen molar-refractivity contribution in [2.24, 2.45) is 5.92 Å². The first kappa shape index (κ1) is 20.2. The zero-order valence-electron chi connectivity index (χ0n) is 15.7. The molecule has 0 bridgehead atoms. The van der Waals surface area contributed by atoms with Gasteiger partial charge in [-0.25, -0.2) is 4.79 Å². The minimum absolute atomic E-state index is 0.267. The number of carbonyl (C=O) groups excluding carboxylic acids is 1. The number of benzene rings is 1. The maximum Gasteiger partial charge on any atom is 0.330 e. The molecule has 0 saturated carbocycles. The highest BCUT2D eigenvalue weighted by molar-refractivity contribution is 5.87. The topological polar surface area (TPSA) is 26.3 Å². The van der Waals surface area contributed by atoms with Gasteiger partial charge >= 0.3 is 5.97 Å². The van der Waals surface area contributed by atoms with Crippen molar-refractivity contribution in [1.82, 2.24) is 0 Å².